The van der Waals surface area contributed by atoms with E-state index in [0.717, 1.165) is 38.1 Å². The molecule has 0 atom stereocenters. The van der Waals surface area contributed by atoms with E-state index in [0.29, 0.717) is 29.5 Å². The highest BCUT2D eigenvalue weighted by molar-refractivity contribution is 7.99. The Balaban J connectivity index is 1.29. The van der Waals surface area contributed by atoms with Crippen LogP contribution in [0.25, 0.3) is 21.1 Å². The Bertz CT molecular complexity index is 1360. The zero-order valence-corrected chi connectivity index (χ0v) is 22.7. The number of nitrogens with zero attached hydrogens (tertiary/aromatic N) is 3. The van der Waals surface area contributed by atoms with E-state index in [1.54, 1.807) is 32.7 Å². The van der Waals surface area contributed by atoms with Crippen LogP contribution in [0.2, 0.25) is 0 Å². The van der Waals surface area contributed by atoms with Gasteiger partial charge in [0.25, 0.3) is 0 Å². The van der Waals surface area contributed by atoms with Crippen LogP contribution in [0.5, 0.6) is 17.2 Å². The second kappa shape index (κ2) is 12.6. The lowest BCUT2D eigenvalue weighted by atomic mass is 10.1. The Kier molecular flexibility index (Phi) is 8.97. The molecule has 0 unspecified atom stereocenters. The van der Waals surface area contributed by atoms with E-state index < -0.39 is 0 Å². The van der Waals surface area contributed by atoms with Gasteiger partial charge in [-0.25, -0.2) is 4.98 Å². The highest BCUT2D eigenvalue weighted by Gasteiger charge is 2.14. The van der Waals surface area contributed by atoms with Crippen molar-refractivity contribution < 1.29 is 19.0 Å². The fraction of sp³-hybridized carbons (Fsp3) is 0.259. The van der Waals surface area contributed by atoms with Crippen LogP contribution in [-0.4, -0.2) is 54.7 Å². The molecule has 0 bridgehead atoms. The maximum Gasteiger partial charge on any atom is 0.230 e. The van der Waals surface area contributed by atoms with Gasteiger partial charge in [-0.1, -0.05) is 30.0 Å². The van der Waals surface area contributed by atoms with Crippen LogP contribution >= 0.6 is 23.1 Å². The summed E-state index contributed by atoms with van der Waals surface area (Å²) in [6.45, 7) is 2.49. The summed E-state index contributed by atoms with van der Waals surface area (Å²) in [6, 6.07) is 17.4. The van der Waals surface area contributed by atoms with Crippen molar-refractivity contribution >= 4 is 29.0 Å². The Morgan fingerprint density at radius 2 is 1.81 bits per heavy atom. The summed E-state index contributed by atoms with van der Waals surface area (Å²) in [4.78, 5) is 18.0. The number of hydrogen-bond donors (Lipinski definition) is 1. The molecule has 10 heteroatoms. The summed E-state index contributed by atoms with van der Waals surface area (Å²) >= 11 is 2.92. The molecule has 0 aliphatic carbocycles. The molecule has 0 fully saturated rings. The van der Waals surface area contributed by atoms with E-state index >= 15 is 0 Å². The summed E-state index contributed by atoms with van der Waals surface area (Å²) in [7, 11) is 4.86. The van der Waals surface area contributed by atoms with Crippen LogP contribution in [0.4, 0.5) is 0 Å². The van der Waals surface area contributed by atoms with E-state index in [2.05, 4.69) is 15.5 Å². The second-order valence-electron chi connectivity index (χ2n) is 8.00. The first-order valence-corrected chi connectivity index (χ1v) is 13.4. The van der Waals surface area contributed by atoms with Gasteiger partial charge in [0.2, 0.25) is 5.91 Å². The van der Waals surface area contributed by atoms with Gasteiger partial charge in [0.1, 0.15) is 21.5 Å². The number of amides is 1. The predicted octanol–water partition coefficient (Wildman–Crippen LogP) is 5.05. The van der Waals surface area contributed by atoms with Crippen LogP contribution in [-0.2, 0) is 11.2 Å². The van der Waals surface area contributed by atoms with Gasteiger partial charge < -0.3 is 19.5 Å². The third kappa shape index (κ3) is 6.78. The average molecular weight is 537 g/mol. The van der Waals surface area contributed by atoms with Crippen molar-refractivity contribution in [3.8, 4) is 38.4 Å². The van der Waals surface area contributed by atoms with Gasteiger partial charge in [-0.2, -0.15) is 0 Å². The summed E-state index contributed by atoms with van der Waals surface area (Å²) < 4.78 is 15.9. The molecule has 0 saturated heterocycles. The van der Waals surface area contributed by atoms with E-state index in [1.165, 1.54) is 11.8 Å². The Labute approximate surface area is 224 Å². The molecule has 0 saturated carbocycles. The number of aromatic nitrogens is 3. The van der Waals surface area contributed by atoms with Crippen LogP contribution in [0.3, 0.4) is 0 Å². The minimum Gasteiger partial charge on any atom is -0.497 e. The quantitative estimate of drug-likeness (QED) is 0.266. The zero-order chi connectivity index (χ0) is 26.2. The highest BCUT2D eigenvalue weighted by Crippen LogP contribution is 2.35. The number of benzene rings is 2. The Morgan fingerprint density at radius 1 is 0.973 bits per heavy atom. The molecule has 1 amide bonds. The molecule has 0 spiro atoms. The number of carbonyl (C=O) groups excluding carboxylic acids is 1. The number of aryl methyl sites for hydroxylation is 1. The normalized spacial score (nSPS) is 10.7. The van der Waals surface area contributed by atoms with Gasteiger partial charge in [-0.15, -0.1) is 21.5 Å². The molecule has 2 aromatic carbocycles. The lowest BCUT2D eigenvalue weighted by Gasteiger charge is -2.10. The highest BCUT2D eigenvalue weighted by atomic mass is 32.2. The molecule has 8 nitrogen and oxygen atoms in total. The monoisotopic (exact) mass is 536 g/mol. The molecule has 1 N–H and O–H groups in total. The Hall–Kier alpha value is -3.63. The third-order valence-corrected chi connectivity index (χ3v) is 7.67. The minimum absolute atomic E-state index is 0.0578. The summed E-state index contributed by atoms with van der Waals surface area (Å²) in [5.74, 6) is 2.35. The van der Waals surface area contributed by atoms with Crippen LogP contribution in [0, 0.1) is 6.92 Å². The second-order valence-corrected chi connectivity index (χ2v) is 9.99. The number of thiazole rings is 1. The van der Waals surface area contributed by atoms with Gasteiger partial charge in [-0.05, 0) is 55.3 Å². The SMILES string of the molecule is COc1cccc(-c2nc(C)c(-c3ccc(SCC(=O)NCCc4ccc(OC)c(OC)c4)nn3)s2)c1. The number of methoxy groups -OCH3 is 3. The molecule has 2 heterocycles. The summed E-state index contributed by atoms with van der Waals surface area (Å²) in [5.41, 5.74) is 3.70. The van der Waals surface area contributed by atoms with Crippen molar-refractivity contribution in [3.63, 3.8) is 0 Å². The van der Waals surface area contributed by atoms with Gasteiger partial charge in [-0.3, -0.25) is 4.79 Å². The van der Waals surface area contributed by atoms with Crippen molar-refractivity contribution in [2.24, 2.45) is 0 Å². The third-order valence-electron chi connectivity index (χ3n) is 5.52. The van der Waals surface area contributed by atoms with Crippen molar-refractivity contribution in [1.29, 1.82) is 0 Å². The topological polar surface area (TPSA) is 95.5 Å². The molecule has 2 aromatic heterocycles. The van der Waals surface area contributed by atoms with E-state index in [-0.39, 0.29) is 11.7 Å². The molecule has 192 valence electrons. The molecule has 4 rings (SSSR count). The molecular formula is C27H28N4O4S2. The Morgan fingerprint density at radius 3 is 2.54 bits per heavy atom. The zero-order valence-electron chi connectivity index (χ0n) is 21.1. The minimum atomic E-state index is -0.0578. The van der Waals surface area contributed by atoms with Crippen molar-refractivity contribution in [1.82, 2.24) is 20.5 Å². The predicted molar refractivity (Wildman–Crippen MR) is 147 cm³/mol. The van der Waals surface area contributed by atoms with Crippen LogP contribution in [0.15, 0.2) is 59.6 Å². The maximum atomic E-state index is 12.3. The number of rotatable bonds is 11. The molecule has 37 heavy (non-hydrogen) atoms. The van der Waals surface area contributed by atoms with Gasteiger partial charge in [0.15, 0.2) is 11.5 Å². The smallest absolute Gasteiger partial charge is 0.230 e. The molecule has 0 aliphatic heterocycles. The average Bonchev–Trinajstić information content (AvgIpc) is 3.33. The van der Waals surface area contributed by atoms with E-state index in [1.807, 2.05) is 61.5 Å². The molecule has 0 radical (unpaired) electrons. The van der Waals surface area contributed by atoms with Gasteiger partial charge >= 0.3 is 0 Å². The first-order chi connectivity index (χ1) is 18.0. The fourth-order valence-electron chi connectivity index (χ4n) is 3.60. The summed E-state index contributed by atoms with van der Waals surface area (Å²) in [5, 5.41) is 13.2. The molecule has 4 aromatic rings. The first-order valence-electron chi connectivity index (χ1n) is 11.6. The summed E-state index contributed by atoms with van der Waals surface area (Å²) in [6.07, 6.45) is 0.692. The number of ether oxygens (including phenoxy) is 3. The van der Waals surface area contributed by atoms with E-state index in [9.17, 15) is 4.79 Å². The van der Waals surface area contributed by atoms with Crippen LogP contribution in [0.1, 0.15) is 11.3 Å². The van der Waals surface area contributed by atoms with Crippen molar-refractivity contribution in [2.75, 3.05) is 33.6 Å². The number of carbonyl (C=O) groups is 1. The number of thioether (sulfide) groups is 1. The maximum absolute atomic E-state index is 12.3. The van der Waals surface area contributed by atoms with Crippen molar-refractivity contribution in [3.05, 3.63) is 65.9 Å². The number of nitrogens with one attached hydrogen (secondary N) is 1. The van der Waals surface area contributed by atoms with Crippen LogP contribution < -0.4 is 19.5 Å². The van der Waals surface area contributed by atoms with Gasteiger partial charge in [0.05, 0.1) is 37.7 Å². The number of hydrogen-bond acceptors (Lipinski definition) is 9. The largest absolute Gasteiger partial charge is 0.497 e. The molecular weight excluding hydrogens is 508 g/mol. The van der Waals surface area contributed by atoms with E-state index in [4.69, 9.17) is 19.2 Å². The molecule has 0 aliphatic rings. The first kappa shape index (κ1) is 26.4. The lowest BCUT2D eigenvalue weighted by Crippen LogP contribution is -2.27. The fourth-order valence-corrected chi connectivity index (χ4v) is 5.28. The lowest BCUT2D eigenvalue weighted by molar-refractivity contribution is -0.118. The van der Waals surface area contributed by atoms with Crippen molar-refractivity contribution in [2.45, 2.75) is 18.4 Å². The van der Waals surface area contributed by atoms with Gasteiger partial charge in [0, 0.05) is 12.1 Å². The standard InChI is InChI=1S/C27H28N4O4S2/c1-17-26(37-27(29-17)19-6-5-7-20(15-19)33-2)21-9-11-25(31-30-21)36-16-24(32)28-13-12-18-8-10-22(34-3)23(14-18)35-4/h5-11,14-15H,12-13,16H2,1-4H3,(H,28,32).